The van der Waals surface area contributed by atoms with Crippen LogP contribution in [0.15, 0.2) is 60.7 Å². The standard InChI is InChI=1S/C22H27N3O3/c26-21(23-14-11-18-7-3-1-4-8-18)24-17-19-12-15-25(16-13-19)22(27)28-20-9-5-2-6-10-20/h1-10,19H,11-17H2,(H2,23,24,26). The van der Waals surface area contributed by atoms with Crippen molar-refractivity contribution in [1.29, 1.82) is 0 Å². The molecule has 148 valence electrons. The average Bonchev–Trinajstić information content (AvgIpc) is 2.74. The Bertz CT molecular complexity index is 744. The molecule has 3 rings (SSSR count). The first-order chi connectivity index (χ1) is 13.7. The summed E-state index contributed by atoms with van der Waals surface area (Å²) in [6.45, 7) is 2.53. The molecular formula is C22H27N3O3. The maximum atomic E-state index is 12.2. The number of benzene rings is 2. The zero-order chi connectivity index (χ0) is 19.6. The van der Waals surface area contributed by atoms with E-state index in [1.165, 1.54) is 5.56 Å². The molecule has 0 radical (unpaired) electrons. The van der Waals surface area contributed by atoms with Crippen molar-refractivity contribution in [3.8, 4) is 5.75 Å². The Labute approximate surface area is 165 Å². The molecule has 0 unspecified atom stereocenters. The number of rotatable bonds is 6. The third kappa shape index (κ3) is 6.30. The number of para-hydroxylation sites is 1. The van der Waals surface area contributed by atoms with Crippen molar-refractivity contribution in [1.82, 2.24) is 15.5 Å². The number of likely N-dealkylation sites (tertiary alicyclic amines) is 1. The molecule has 0 aliphatic carbocycles. The molecule has 6 nitrogen and oxygen atoms in total. The van der Waals surface area contributed by atoms with Crippen LogP contribution in [0.1, 0.15) is 18.4 Å². The van der Waals surface area contributed by atoms with Crippen molar-refractivity contribution < 1.29 is 14.3 Å². The number of urea groups is 1. The quantitative estimate of drug-likeness (QED) is 0.805. The third-order valence-electron chi connectivity index (χ3n) is 4.91. The van der Waals surface area contributed by atoms with Gasteiger partial charge in [-0.05, 0) is 42.9 Å². The second-order valence-electron chi connectivity index (χ2n) is 6.98. The summed E-state index contributed by atoms with van der Waals surface area (Å²) in [5.41, 5.74) is 1.21. The lowest BCUT2D eigenvalue weighted by Crippen LogP contribution is -2.44. The van der Waals surface area contributed by atoms with Crippen LogP contribution in [0.5, 0.6) is 5.75 Å². The molecule has 6 heteroatoms. The molecule has 0 saturated carbocycles. The van der Waals surface area contributed by atoms with Crippen LogP contribution in [0.4, 0.5) is 9.59 Å². The highest BCUT2D eigenvalue weighted by molar-refractivity contribution is 5.73. The summed E-state index contributed by atoms with van der Waals surface area (Å²) in [7, 11) is 0. The summed E-state index contributed by atoms with van der Waals surface area (Å²) in [4.78, 5) is 25.9. The highest BCUT2D eigenvalue weighted by Crippen LogP contribution is 2.18. The summed E-state index contributed by atoms with van der Waals surface area (Å²) >= 11 is 0. The smallest absolute Gasteiger partial charge is 0.410 e. The van der Waals surface area contributed by atoms with Crippen molar-refractivity contribution in [3.63, 3.8) is 0 Å². The molecule has 28 heavy (non-hydrogen) atoms. The van der Waals surface area contributed by atoms with Crippen molar-refractivity contribution >= 4 is 12.1 Å². The molecule has 1 heterocycles. The van der Waals surface area contributed by atoms with E-state index in [9.17, 15) is 9.59 Å². The SMILES string of the molecule is O=C(NCCc1ccccc1)NCC1CCN(C(=O)Oc2ccccc2)CC1. The summed E-state index contributed by atoms with van der Waals surface area (Å²) < 4.78 is 5.38. The first-order valence-electron chi connectivity index (χ1n) is 9.78. The topological polar surface area (TPSA) is 70.7 Å². The minimum Gasteiger partial charge on any atom is -0.410 e. The van der Waals surface area contributed by atoms with E-state index in [2.05, 4.69) is 22.8 Å². The van der Waals surface area contributed by atoms with Gasteiger partial charge in [-0.1, -0.05) is 48.5 Å². The highest BCUT2D eigenvalue weighted by Gasteiger charge is 2.24. The predicted molar refractivity (Wildman–Crippen MR) is 108 cm³/mol. The minimum atomic E-state index is -0.309. The first kappa shape index (κ1) is 19.7. The Morgan fingerprint density at radius 1 is 0.929 bits per heavy atom. The van der Waals surface area contributed by atoms with Crippen LogP contribution in [-0.4, -0.2) is 43.2 Å². The van der Waals surface area contributed by atoms with E-state index >= 15 is 0 Å². The molecule has 1 aliphatic rings. The number of hydrogen-bond acceptors (Lipinski definition) is 3. The number of nitrogens with one attached hydrogen (secondary N) is 2. The number of hydrogen-bond donors (Lipinski definition) is 2. The van der Waals surface area contributed by atoms with Gasteiger partial charge in [0.1, 0.15) is 5.75 Å². The number of ether oxygens (including phenoxy) is 1. The molecule has 0 aromatic heterocycles. The van der Waals surface area contributed by atoms with Gasteiger partial charge in [-0.3, -0.25) is 0 Å². The zero-order valence-electron chi connectivity index (χ0n) is 16.0. The fourth-order valence-corrected chi connectivity index (χ4v) is 3.24. The monoisotopic (exact) mass is 381 g/mol. The Morgan fingerprint density at radius 3 is 2.25 bits per heavy atom. The van der Waals surface area contributed by atoms with E-state index in [1.807, 2.05) is 36.4 Å². The molecule has 0 bridgehead atoms. The number of amides is 3. The lowest BCUT2D eigenvalue weighted by Gasteiger charge is -2.31. The van der Waals surface area contributed by atoms with Gasteiger partial charge < -0.3 is 20.3 Å². The summed E-state index contributed by atoms with van der Waals surface area (Å²) in [5.74, 6) is 0.934. The van der Waals surface area contributed by atoms with Gasteiger partial charge in [-0.2, -0.15) is 0 Å². The van der Waals surface area contributed by atoms with Gasteiger partial charge >= 0.3 is 12.1 Å². The number of piperidine rings is 1. The van der Waals surface area contributed by atoms with Crippen molar-refractivity contribution in [2.75, 3.05) is 26.2 Å². The van der Waals surface area contributed by atoms with Crippen molar-refractivity contribution in [2.24, 2.45) is 5.92 Å². The number of carbonyl (C=O) groups excluding carboxylic acids is 2. The van der Waals surface area contributed by atoms with E-state index < -0.39 is 0 Å². The van der Waals surface area contributed by atoms with Gasteiger partial charge in [0, 0.05) is 26.2 Å². The average molecular weight is 381 g/mol. The Balaban J connectivity index is 1.29. The molecule has 3 amide bonds. The predicted octanol–water partition coefficient (Wildman–Crippen LogP) is 3.44. The second-order valence-corrected chi connectivity index (χ2v) is 6.98. The van der Waals surface area contributed by atoms with Crippen LogP contribution < -0.4 is 15.4 Å². The third-order valence-corrected chi connectivity index (χ3v) is 4.91. The van der Waals surface area contributed by atoms with E-state index in [0.717, 1.165) is 19.3 Å². The Morgan fingerprint density at radius 2 is 1.57 bits per heavy atom. The van der Waals surface area contributed by atoms with Crippen LogP contribution in [0.25, 0.3) is 0 Å². The van der Waals surface area contributed by atoms with E-state index in [4.69, 9.17) is 4.74 Å². The minimum absolute atomic E-state index is 0.137. The molecular weight excluding hydrogens is 354 g/mol. The van der Waals surface area contributed by atoms with Gasteiger partial charge in [-0.15, -0.1) is 0 Å². The Kier molecular flexibility index (Phi) is 7.29. The summed E-state index contributed by atoms with van der Waals surface area (Å²) in [6.07, 6.45) is 2.22. The van der Waals surface area contributed by atoms with Crippen LogP contribution in [0.3, 0.4) is 0 Å². The lowest BCUT2D eigenvalue weighted by molar-refractivity contribution is 0.130. The summed E-state index contributed by atoms with van der Waals surface area (Å²) in [6, 6.07) is 19.0. The van der Waals surface area contributed by atoms with E-state index in [1.54, 1.807) is 17.0 Å². The van der Waals surface area contributed by atoms with Crippen LogP contribution >= 0.6 is 0 Å². The maximum absolute atomic E-state index is 12.2. The van der Waals surface area contributed by atoms with E-state index in [-0.39, 0.29) is 12.1 Å². The fourth-order valence-electron chi connectivity index (χ4n) is 3.24. The van der Waals surface area contributed by atoms with E-state index in [0.29, 0.717) is 37.8 Å². The molecule has 0 atom stereocenters. The molecule has 1 fully saturated rings. The van der Waals surface area contributed by atoms with Crippen LogP contribution in [-0.2, 0) is 6.42 Å². The summed E-state index contributed by atoms with van der Waals surface area (Å²) in [5, 5.41) is 5.83. The van der Waals surface area contributed by atoms with Gasteiger partial charge in [-0.25, -0.2) is 9.59 Å². The fraction of sp³-hybridized carbons (Fsp3) is 0.364. The van der Waals surface area contributed by atoms with Crippen LogP contribution in [0, 0.1) is 5.92 Å². The molecule has 2 aromatic carbocycles. The second kappa shape index (κ2) is 10.3. The highest BCUT2D eigenvalue weighted by atomic mass is 16.6. The van der Waals surface area contributed by atoms with Gasteiger partial charge in [0.25, 0.3) is 0 Å². The van der Waals surface area contributed by atoms with Crippen LogP contribution in [0.2, 0.25) is 0 Å². The molecule has 1 saturated heterocycles. The Hall–Kier alpha value is -3.02. The molecule has 2 aromatic rings. The zero-order valence-corrected chi connectivity index (χ0v) is 16.0. The first-order valence-corrected chi connectivity index (χ1v) is 9.78. The van der Waals surface area contributed by atoms with Crippen molar-refractivity contribution in [2.45, 2.75) is 19.3 Å². The van der Waals surface area contributed by atoms with Gasteiger partial charge in [0.15, 0.2) is 0 Å². The maximum Gasteiger partial charge on any atom is 0.415 e. The number of carbonyl (C=O) groups is 2. The normalized spacial score (nSPS) is 14.4. The number of nitrogens with zero attached hydrogens (tertiary/aromatic N) is 1. The van der Waals surface area contributed by atoms with Gasteiger partial charge in [0.05, 0.1) is 0 Å². The molecule has 2 N–H and O–H groups in total. The molecule has 0 spiro atoms. The lowest BCUT2D eigenvalue weighted by atomic mass is 9.97. The van der Waals surface area contributed by atoms with Gasteiger partial charge in [0.2, 0.25) is 0 Å². The molecule has 1 aliphatic heterocycles. The van der Waals surface area contributed by atoms with Crippen molar-refractivity contribution in [3.05, 3.63) is 66.2 Å². The largest absolute Gasteiger partial charge is 0.415 e.